The van der Waals surface area contributed by atoms with Crippen molar-refractivity contribution in [3.8, 4) is 0 Å². The van der Waals surface area contributed by atoms with Crippen LogP contribution in [0.1, 0.15) is 34.0 Å². The molecule has 3 aromatic rings. The minimum atomic E-state index is -3.62. The molecule has 0 saturated heterocycles. The summed E-state index contributed by atoms with van der Waals surface area (Å²) in [4.78, 5) is 15.2. The molecule has 154 valence electrons. The van der Waals surface area contributed by atoms with Crippen LogP contribution in [0.4, 0.5) is 5.69 Å². The van der Waals surface area contributed by atoms with Crippen LogP contribution < -0.4 is 9.62 Å². The van der Waals surface area contributed by atoms with Gasteiger partial charge in [-0.1, -0.05) is 48.5 Å². The van der Waals surface area contributed by atoms with E-state index in [0.717, 1.165) is 23.2 Å². The predicted molar refractivity (Wildman–Crippen MR) is 118 cm³/mol. The van der Waals surface area contributed by atoms with Crippen molar-refractivity contribution in [2.75, 3.05) is 4.90 Å². The number of rotatable bonds is 5. The number of aryl methyl sites for hydroxylation is 1. The van der Waals surface area contributed by atoms with Gasteiger partial charge in [-0.15, -0.1) is 0 Å². The van der Waals surface area contributed by atoms with Crippen LogP contribution in [-0.4, -0.2) is 20.4 Å². The normalized spacial score (nSPS) is 15.8. The smallest absolute Gasteiger partial charge is 0.258 e. The Morgan fingerprint density at radius 1 is 1.03 bits per heavy atom. The van der Waals surface area contributed by atoms with E-state index in [2.05, 4.69) is 4.72 Å². The quantitative estimate of drug-likeness (QED) is 0.677. The minimum absolute atomic E-state index is 0.0421. The number of nitrogens with zero attached hydrogens (tertiary/aromatic N) is 1. The van der Waals surface area contributed by atoms with Gasteiger partial charge in [-0.3, -0.25) is 4.79 Å². The monoisotopic (exact) mass is 420 g/mol. The van der Waals surface area contributed by atoms with E-state index in [0.29, 0.717) is 11.1 Å². The topological polar surface area (TPSA) is 66.5 Å². The predicted octanol–water partition coefficient (Wildman–Crippen LogP) is 4.06. The second-order valence-electron chi connectivity index (χ2n) is 7.65. The van der Waals surface area contributed by atoms with E-state index in [9.17, 15) is 13.2 Å². The number of amides is 1. The van der Waals surface area contributed by atoms with Crippen molar-refractivity contribution in [1.82, 2.24) is 4.72 Å². The number of carbonyl (C=O) groups is 1. The van der Waals surface area contributed by atoms with Crippen LogP contribution in [0.25, 0.3) is 0 Å². The summed E-state index contributed by atoms with van der Waals surface area (Å²) in [6.07, 6.45) is 0.781. The lowest BCUT2D eigenvalue weighted by Gasteiger charge is -2.23. The Morgan fingerprint density at radius 2 is 1.73 bits per heavy atom. The van der Waals surface area contributed by atoms with Gasteiger partial charge in [-0.2, -0.15) is 0 Å². The van der Waals surface area contributed by atoms with Gasteiger partial charge in [-0.25, -0.2) is 13.1 Å². The van der Waals surface area contributed by atoms with E-state index in [-0.39, 0.29) is 23.4 Å². The number of anilines is 1. The SMILES string of the molecule is Cc1ccccc1S(=O)(=O)NCc1ccc2c(c1)N(C(=O)c1ccccc1)[C@H](C)C2. The number of benzene rings is 3. The summed E-state index contributed by atoms with van der Waals surface area (Å²) in [5.41, 5.74) is 4.10. The summed E-state index contributed by atoms with van der Waals surface area (Å²) in [5.74, 6) is -0.0421. The summed E-state index contributed by atoms with van der Waals surface area (Å²) in [7, 11) is -3.62. The van der Waals surface area contributed by atoms with Crippen LogP contribution >= 0.6 is 0 Å². The first-order valence-corrected chi connectivity index (χ1v) is 11.4. The largest absolute Gasteiger partial charge is 0.305 e. The summed E-state index contributed by atoms with van der Waals surface area (Å²) in [5, 5.41) is 0. The van der Waals surface area contributed by atoms with Gasteiger partial charge in [-0.05, 0) is 61.2 Å². The number of nitrogens with one attached hydrogen (secondary N) is 1. The number of hydrogen-bond donors (Lipinski definition) is 1. The average molecular weight is 421 g/mol. The van der Waals surface area contributed by atoms with Crippen molar-refractivity contribution in [2.24, 2.45) is 0 Å². The molecule has 1 aliphatic heterocycles. The highest BCUT2D eigenvalue weighted by molar-refractivity contribution is 7.89. The highest BCUT2D eigenvalue weighted by Gasteiger charge is 2.31. The van der Waals surface area contributed by atoms with Crippen LogP contribution in [0.15, 0.2) is 77.7 Å². The van der Waals surface area contributed by atoms with Crippen molar-refractivity contribution in [3.63, 3.8) is 0 Å². The van der Waals surface area contributed by atoms with Crippen molar-refractivity contribution < 1.29 is 13.2 Å². The van der Waals surface area contributed by atoms with Crippen LogP contribution in [0.5, 0.6) is 0 Å². The first-order chi connectivity index (χ1) is 14.4. The van der Waals surface area contributed by atoms with E-state index in [4.69, 9.17) is 0 Å². The minimum Gasteiger partial charge on any atom is -0.305 e. The fraction of sp³-hybridized carbons (Fsp3) is 0.208. The molecule has 1 heterocycles. The lowest BCUT2D eigenvalue weighted by molar-refractivity contribution is 0.0981. The third-order valence-electron chi connectivity index (χ3n) is 5.45. The van der Waals surface area contributed by atoms with Gasteiger partial charge in [0.15, 0.2) is 0 Å². The van der Waals surface area contributed by atoms with Gasteiger partial charge in [0.25, 0.3) is 5.91 Å². The standard InChI is InChI=1S/C24H24N2O3S/c1-17-8-6-7-11-23(17)30(28,29)25-16-19-12-13-21-14-18(2)26(22(21)15-19)24(27)20-9-4-3-5-10-20/h3-13,15,18,25H,14,16H2,1-2H3/t18-/m1/s1. The van der Waals surface area contributed by atoms with Crippen LogP contribution in [0.3, 0.4) is 0 Å². The molecule has 4 rings (SSSR count). The Hall–Kier alpha value is -2.96. The highest BCUT2D eigenvalue weighted by Crippen LogP contribution is 2.34. The fourth-order valence-electron chi connectivity index (χ4n) is 3.91. The molecule has 6 heteroatoms. The third-order valence-corrected chi connectivity index (χ3v) is 7.02. The van der Waals surface area contributed by atoms with E-state index in [1.807, 2.05) is 66.4 Å². The second-order valence-corrected chi connectivity index (χ2v) is 9.38. The maximum atomic E-state index is 13.1. The van der Waals surface area contributed by atoms with E-state index in [1.54, 1.807) is 25.1 Å². The maximum absolute atomic E-state index is 13.1. The summed E-state index contributed by atoms with van der Waals surface area (Å²) >= 11 is 0. The van der Waals surface area contributed by atoms with Crippen LogP contribution in [0.2, 0.25) is 0 Å². The molecule has 0 radical (unpaired) electrons. The van der Waals surface area contributed by atoms with Gasteiger partial charge in [0, 0.05) is 23.8 Å². The molecule has 1 N–H and O–H groups in total. The van der Waals surface area contributed by atoms with Crippen molar-refractivity contribution in [3.05, 3.63) is 95.1 Å². The van der Waals surface area contributed by atoms with Crippen LogP contribution in [-0.2, 0) is 23.0 Å². The Labute approximate surface area is 177 Å². The first kappa shape index (κ1) is 20.3. The molecule has 0 saturated carbocycles. The Morgan fingerprint density at radius 3 is 2.47 bits per heavy atom. The molecular formula is C24H24N2O3S. The molecule has 5 nitrogen and oxygen atoms in total. The molecule has 3 aromatic carbocycles. The third kappa shape index (κ3) is 3.88. The Kier molecular flexibility index (Phi) is 5.45. The average Bonchev–Trinajstić information content (AvgIpc) is 3.07. The highest BCUT2D eigenvalue weighted by atomic mass is 32.2. The second kappa shape index (κ2) is 8.05. The number of sulfonamides is 1. The van der Waals surface area contributed by atoms with Crippen LogP contribution in [0, 0.1) is 6.92 Å². The number of carbonyl (C=O) groups excluding carboxylic acids is 1. The van der Waals surface area contributed by atoms with E-state index < -0.39 is 10.0 Å². The van der Waals surface area contributed by atoms with Crippen molar-refractivity contribution in [1.29, 1.82) is 0 Å². The molecule has 1 atom stereocenters. The van der Waals surface area contributed by atoms with Gasteiger partial charge in [0.2, 0.25) is 10.0 Å². The fourth-order valence-corrected chi connectivity index (χ4v) is 5.17. The van der Waals surface area contributed by atoms with Gasteiger partial charge < -0.3 is 4.90 Å². The molecule has 0 fully saturated rings. The zero-order chi connectivity index (χ0) is 21.3. The molecule has 30 heavy (non-hydrogen) atoms. The zero-order valence-corrected chi connectivity index (χ0v) is 17.8. The number of hydrogen-bond acceptors (Lipinski definition) is 3. The molecule has 0 aliphatic carbocycles. The van der Waals surface area contributed by atoms with Gasteiger partial charge >= 0.3 is 0 Å². The Balaban J connectivity index is 1.58. The lowest BCUT2D eigenvalue weighted by atomic mass is 10.1. The molecule has 0 bridgehead atoms. The van der Waals surface area contributed by atoms with Crippen molar-refractivity contribution in [2.45, 2.75) is 37.8 Å². The molecular weight excluding hydrogens is 396 g/mol. The van der Waals surface area contributed by atoms with Gasteiger partial charge in [0.1, 0.15) is 0 Å². The Bertz CT molecular complexity index is 1190. The lowest BCUT2D eigenvalue weighted by Crippen LogP contribution is -2.35. The van der Waals surface area contributed by atoms with E-state index >= 15 is 0 Å². The first-order valence-electron chi connectivity index (χ1n) is 9.92. The molecule has 1 aliphatic rings. The maximum Gasteiger partial charge on any atom is 0.258 e. The van der Waals surface area contributed by atoms with E-state index in [1.165, 1.54) is 0 Å². The molecule has 1 amide bonds. The number of fused-ring (bicyclic) bond motifs is 1. The molecule has 0 aromatic heterocycles. The molecule has 0 spiro atoms. The van der Waals surface area contributed by atoms with Crippen molar-refractivity contribution >= 4 is 21.6 Å². The molecule has 0 unspecified atom stereocenters. The van der Waals surface area contributed by atoms with Gasteiger partial charge in [0.05, 0.1) is 4.90 Å². The summed E-state index contributed by atoms with van der Waals surface area (Å²) < 4.78 is 28.1. The summed E-state index contributed by atoms with van der Waals surface area (Å²) in [6, 6.07) is 22.0. The zero-order valence-electron chi connectivity index (χ0n) is 17.0. The summed E-state index contributed by atoms with van der Waals surface area (Å²) in [6.45, 7) is 3.96.